The van der Waals surface area contributed by atoms with Gasteiger partial charge in [0.2, 0.25) is 5.91 Å². The second-order valence-corrected chi connectivity index (χ2v) is 7.20. The molecule has 1 saturated carbocycles. The molecule has 1 aliphatic rings. The molecule has 3 rings (SSSR count). The van der Waals surface area contributed by atoms with E-state index in [9.17, 15) is 32.3 Å². The first-order valence-corrected chi connectivity index (χ1v) is 9.29. The summed E-state index contributed by atoms with van der Waals surface area (Å²) in [5, 5.41) is 18.4. The second kappa shape index (κ2) is 9.14. The average molecular weight is 428 g/mol. The Morgan fingerprint density at radius 2 is 1.90 bits per heavy atom. The van der Waals surface area contributed by atoms with Gasteiger partial charge in [-0.25, -0.2) is 22.4 Å². The molecule has 0 saturated heterocycles. The molecule has 11 heteroatoms. The summed E-state index contributed by atoms with van der Waals surface area (Å²) in [6.45, 7) is -0.836. The van der Waals surface area contributed by atoms with Crippen molar-refractivity contribution in [3.63, 3.8) is 0 Å². The number of nitrogens with zero attached hydrogens (tertiary/aromatic N) is 2. The van der Waals surface area contributed by atoms with E-state index < -0.39 is 42.6 Å². The van der Waals surface area contributed by atoms with Crippen LogP contribution in [0.3, 0.4) is 0 Å². The van der Waals surface area contributed by atoms with Gasteiger partial charge >= 0.3 is 6.09 Å². The summed E-state index contributed by atoms with van der Waals surface area (Å²) < 4.78 is 51.7. The number of H-pyrrole nitrogens is 1. The van der Waals surface area contributed by atoms with E-state index in [4.69, 9.17) is 0 Å². The molecule has 2 atom stereocenters. The fourth-order valence-electron chi connectivity index (χ4n) is 3.75. The van der Waals surface area contributed by atoms with Crippen LogP contribution in [-0.2, 0) is 11.2 Å². The molecule has 0 bridgehead atoms. The molecule has 0 aliphatic heterocycles. The zero-order chi connectivity index (χ0) is 21.8. The number of nitrogens with one attached hydrogen (secondary N) is 2. The second-order valence-electron chi connectivity index (χ2n) is 7.20. The summed E-state index contributed by atoms with van der Waals surface area (Å²) in [6.07, 6.45) is -3.00. The molecule has 7 nitrogen and oxygen atoms in total. The topological polar surface area (TPSA) is 98.3 Å². The van der Waals surface area contributed by atoms with Crippen LogP contribution in [0.2, 0.25) is 0 Å². The Balaban J connectivity index is 1.58. The Morgan fingerprint density at radius 3 is 2.53 bits per heavy atom. The van der Waals surface area contributed by atoms with Crippen molar-refractivity contribution in [1.82, 2.24) is 15.1 Å². The molecular formula is C19H20F4N4O3. The molecule has 0 unspecified atom stereocenters. The summed E-state index contributed by atoms with van der Waals surface area (Å²) in [6, 6.07) is 3.89. The van der Waals surface area contributed by atoms with Crippen molar-refractivity contribution < 1.29 is 32.3 Å². The van der Waals surface area contributed by atoms with Crippen LogP contribution in [0.5, 0.6) is 0 Å². The van der Waals surface area contributed by atoms with Gasteiger partial charge in [-0.2, -0.15) is 5.10 Å². The number of hydrogen-bond acceptors (Lipinski definition) is 3. The van der Waals surface area contributed by atoms with Crippen molar-refractivity contribution in [2.24, 2.45) is 0 Å². The van der Waals surface area contributed by atoms with E-state index in [2.05, 4.69) is 15.5 Å². The van der Waals surface area contributed by atoms with E-state index in [-0.39, 0.29) is 23.7 Å². The van der Waals surface area contributed by atoms with E-state index in [1.54, 1.807) is 6.07 Å². The third-order valence-electron chi connectivity index (χ3n) is 5.02. The number of halogens is 4. The van der Waals surface area contributed by atoms with Gasteiger partial charge in [-0.1, -0.05) is 0 Å². The first-order valence-electron chi connectivity index (χ1n) is 9.29. The zero-order valence-electron chi connectivity index (χ0n) is 15.7. The number of rotatable bonds is 7. The highest BCUT2D eigenvalue weighted by Crippen LogP contribution is 2.37. The van der Waals surface area contributed by atoms with Crippen LogP contribution in [0, 0.1) is 11.6 Å². The lowest BCUT2D eigenvalue weighted by Gasteiger charge is -2.25. The molecule has 1 aromatic carbocycles. The minimum Gasteiger partial charge on any atom is -0.465 e. The lowest BCUT2D eigenvalue weighted by molar-refractivity contribution is -0.115. The quantitative estimate of drug-likeness (QED) is 0.585. The molecule has 1 fully saturated rings. The summed E-state index contributed by atoms with van der Waals surface area (Å²) in [7, 11) is 0. The summed E-state index contributed by atoms with van der Waals surface area (Å²) in [5.41, 5.74) is 0.819. The van der Waals surface area contributed by atoms with Gasteiger partial charge in [0.1, 0.15) is 11.6 Å². The SMILES string of the molecule is O=C(Cc1cc(F)cc(F)c1)Nc1cc([C@H]2CC[C@@H](N(CC(F)F)C(=O)O)C2)[nH]n1. The Hall–Kier alpha value is -3.11. The first-order chi connectivity index (χ1) is 14.2. The van der Waals surface area contributed by atoms with E-state index in [0.29, 0.717) is 31.0 Å². The zero-order valence-corrected chi connectivity index (χ0v) is 15.7. The predicted octanol–water partition coefficient (Wildman–Crippen LogP) is 3.75. The van der Waals surface area contributed by atoms with Crippen LogP contribution in [0.4, 0.5) is 28.2 Å². The van der Waals surface area contributed by atoms with Crippen LogP contribution in [0.15, 0.2) is 24.3 Å². The van der Waals surface area contributed by atoms with Gasteiger partial charge in [0, 0.05) is 29.8 Å². The molecule has 3 N–H and O–H groups in total. The average Bonchev–Trinajstić information content (AvgIpc) is 3.27. The smallest absolute Gasteiger partial charge is 0.407 e. The fourth-order valence-corrected chi connectivity index (χ4v) is 3.75. The van der Waals surface area contributed by atoms with Crippen LogP contribution >= 0.6 is 0 Å². The van der Waals surface area contributed by atoms with Gasteiger partial charge in [-0.05, 0) is 37.0 Å². The molecule has 1 aromatic heterocycles. The molecule has 2 aromatic rings. The minimum absolute atomic E-state index is 0.120. The Kier molecular flexibility index (Phi) is 6.58. The number of aromatic amines is 1. The van der Waals surface area contributed by atoms with Crippen molar-refractivity contribution in [2.45, 2.75) is 44.1 Å². The highest BCUT2D eigenvalue weighted by Gasteiger charge is 2.34. The predicted molar refractivity (Wildman–Crippen MR) is 98.4 cm³/mol. The lowest BCUT2D eigenvalue weighted by Crippen LogP contribution is -2.41. The molecule has 1 heterocycles. The van der Waals surface area contributed by atoms with Gasteiger partial charge < -0.3 is 10.4 Å². The van der Waals surface area contributed by atoms with Gasteiger partial charge in [-0.3, -0.25) is 14.8 Å². The number of carbonyl (C=O) groups excluding carboxylic acids is 1. The Labute approximate surface area is 169 Å². The number of benzene rings is 1. The van der Waals surface area contributed by atoms with Crippen molar-refractivity contribution in [3.05, 3.63) is 47.2 Å². The maximum atomic E-state index is 13.2. The Bertz CT molecular complexity index is 901. The van der Waals surface area contributed by atoms with Crippen molar-refractivity contribution in [3.8, 4) is 0 Å². The van der Waals surface area contributed by atoms with Gasteiger partial charge in [0.15, 0.2) is 5.82 Å². The third kappa shape index (κ3) is 5.49. The first kappa shape index (κ1) is 21.6. The molecule has 30 heavy (non-hydrogen) atoms. The van der Waals surface area contributed by atoms with E-state index in [1.165, 1.54) is 0 Å². The molecule has 162 valence electrons. The van der Waals surface area contributed by atoms with E-state index in [1.807, 2.05) is 0 Å². The normalized spacial score (nSPS) is 18.6. The number of hydrogen-bond donors (Lipinski definition) is 3. The highest BCUT2D eigenvalue weighted by molar-refractivity contribution is 5.91. The van der Waals surface area contributed by atoms with Crippen LogP contribution in [-0.4, -0.2) is 51.2 Å². The van der Waals surface area contributed by atoms with Crippen molar-refractivity contribution >= 4 is 17.8 Å². The number of aromatic nitrogens is 2. The highest BCUT2D eigenvalue weighted by atomic mass is 19.3. The van der Waals surface area contributed by atoms with Crippen LogP contribution in [0.25, 0.3) is 0 Å². The monoisotopic (exact) mass is 428 g/mol. The molecule has 1 aliphatic carbocycles. The van der Waals surface area contributed by atoms with E-state index in [0.717, 1.165) is 17.0 Å². The lowest BCUT2D eigenvalue weighted by atomic mass is 10.0. The third-order valence-corrected chi connectivity index (χ3v) is 5.02. The van der Waals surface area contributed by atoms with Crippen LogP contribution in [0.1, 0.15) is 36.4 Å². The van der Waals surface area contributed by atoms with E-state index >= 15 is 0 Å². The molecule has 0 spiro atoms. The number of carboxylic acid groups (broad SMARTS) is 1. The number of amides is 2. The number of alkyl halides is 2. The number of carbonyl (C=O) groups is 2. The van der Waals surface area contributed by atoms with Crippen molar-refractivity contribution in [2.75, 3.05) is 11.9 Å². The molecule has 0 radical (unpaired) electrons. The number of anilines is 1. The largest absolute Gasteiger partial charge is 0.465 e. The fraction of sp³-hybridized carbons (Fsp3) is 0.421. The summed E-state index contributed by atoms with van der Waals surface area (Å²) >= 11 is 0. The van der Waals surface area contributed by atoms with Gasteiger partial charge in [0.05, 0.1) is 13.0 Å². The van der Waals surface area contributed by atoms with Gasteiger partial charge in [0.25, 0.3) is 6.43 Å². The minimum atomic E-state index is -2.75. The maximum absolute atomic E-state index is 13.2. The standard InChI is InChI=1S/C19H20F4N4O3/c20-12-3-10(4-13(21)7-12)5-18(28)24-17-8-15(25-26-17)11-1-2-14(6-11)27(19(29)30)9-16(22)23/h3-4,7-8,11,14,16H,1-2,5-6,9H2,(H,29,30)(H2,24,25,26,28)/t11-,14+/m0/s1. The van der Waals surface area contributed by atoms with Gasteiger partial charge in [-0.15, -0.1) is 0 Å². The van der Waals surface area contributed by atoms with Crippen molar-refractivity contribution in [1.29, 1.82) is 0 Å². The molecular weight excluding hydrogens is 408 g/mol. The molecule has 2 amide bonds. The Morgan fingerprint density at radius 1 is 1.20 bits per heavy atom. The summed E-state index contributed by atoms with van der Waals surface area (Å²) in [5.74, 6) is -1.99. The van der Waals surface area contributed by atoms with Crippen LogP contribution < -0.4 is 5.32 Å². The summed E-state index contributed by atoms with van der Waals surface area (Å²) in [4.78, 5) is 24.1. The maximum Gasteiger partial charge on any atom is 0.407 e.